The minimum atomic E-state index is -5.20. The van der Waals surface area contributed by atoms with Crippen LogP contribution in [-0.2, 0) is 33.8 Å². The highest BCUT2D eigenvalue weighted by Crippen LogP contribution is 2.49. The third-order valence-electron chi connectivity index (χ3n) is 13.1. The highest BCUT2D eigenvalue weighted by atomic mass is 32.2. The number of pyridine rings is 1. The van der Waals surface area contributed by atoms with Crippen molar-refractivity contribution in [3.63, 3.8) is 0 Å². The molecular formula is C48H52F5N7O7S. The van der Waals surface area contributed by atoms with Crippen molar-refractivity contribution in [2.24, 2.45) is 0 Å². The van der Waals surface area contributed by atoms with E-state index in [1.54, 1.807) is 90.9 Å². The van der Waals surface area contributed by atoms with Gasteiger partial charge in [-0.3, -0.25) is 4.90 Å². The maximum Gasteiger partial charge on any atom is 0.417 e. The van der Waals surface area contributed by atoms with E-state index in [1.807, 2.05) is 4.90 Å². The van der Waals surface area contributed by atoms with E-state index in [9.17, 15) is 13.2 Å². The molecule has 20 heteroatoms. The topological polar surface area (TPSA) is 140 Å². The van der Waals surface area contributed by atoms with Crippen molar-refractivity contribution in [1.29, 1.82) is 0 Å². The van der Waals surface area contributed by atoms with Crippen LogP contribution in [0.2, 0.25) is 0 Å². The quantitative estimate of drug-likeness (QED) is 0.131. The number of carbonyl (C=O) groups excluding carboxylic acids is 1. The fraction of sp³-hybridized carbons (Fsp3) is 0.458. The number of amides is 1. The first-order chi connectivity index (χ1) is 32.1. The number of alkyl halides is 3. The molecule has 1 amide bonds. The second-order valence-corrected chi connectivity index (χ2v) is 21.1. The molecule has 4 aliphatic rings. The van der Waals surface area contributed by atoms with Crippen LogP contribution in [0, 0.1) is 18.6 Å². The van der Waals surface area contributed by atoms with Gasteiger partial charge in [-0.1, -0.05) is 24.3 Å². The summed E-state index contributed by atoms with van der Waals surface area (Å²) in [5.74, 6) is -1.86. The second-order valence-electron chi connectivity index (χ2n) is 18.7. The zero-order valence-corrected chi connectivity index (χ0v) is 39.5. The van der Waals surface area contributed by atoms with E-state index < -0.39 is 85.4 Å². The van der Waals surface area contributed by atoms with Crippen LogP contribution in [0.4, 0.5) is 44.2 Å². The summed E-state index contributed by atoms with van der Waals surface area (Å²) in [6.07, 6.45) is -5.35. The Balaban J connectivity index is 1.24. The molecule has 3 saturated heterocycles. The maximum absolute atomic E-state index is 18.0. The minimum absolute atomic E-state index is 0.00708. The van der Waals surface area contributed by atoms with Gasteiger partial charge < -0.3 is 33.6 Å². The summed E-state index contributed by atoms with van der Waals surface area (Å²) in [6.45, 7) is 8.27. The number of nitrogens with zero attached hydrogens (tertiary/aromatic N) is 7. The largest absolute Gasteiger partial charge is 0.497 e. The number of rotatable bonds is 9. The van der Waals surface area contributed by atoms with E-state index in [0.717, 1.165) is 13.0 Å². The zero-order chi connectivity index (χ0) is 48.6. The number of hydrogen-bond donors (Lipinski definition) is 0. The summed E-state index contributed by atoms with van der Waals surface area (Å²) in [5, 5.41) is -0.00708. The van der Waals surface area contributed by atoms with Crippen molar-refractivity contribution < 1.29 is 54.1 Å². The van der Waals surface area contributed by atoms with Crippen LogP contribution in [0.3, 0.4) is 0 Å². The lowest BCUT2D eigenvalue weighted by Gasteiger charge is -2.48. The van der Waals surface area contributed by atoms with Crippen molar-refractivity contribution >= 4 is 44.3 Å². The van der Waals surface area contributed by atoms with Gasteiger partial charge in [0.15, 0.2) is 15.7 Å². The average Bonchev–Trinajstić information content (AvgIpc) is 3.53. The second kappa shape index (κ2) is 17.4. The number of methoxy groups -OCH3 is 2. The van der Waals surface area contributed by atoms with Crippen LogP contribution in [0.1, 0.15) is 62.8 Å². The SMILES string of the molecule is COc1ccc(CN(Cc2ccc(OC)cc2)c2cc(-c3nc4c5c(nc(N6CCS(=O)(=O)CC6)nc5c3F)N3C[C@H]5CC[C@@H]([C@H]3[C@H](C)O4)N5C(=O)OC(C)(C)C)c(C(F)(F)F)c(C)c2F)cc1. The number of ether oxygens (including phenoxy) is 4. The number of aromatic nitrogens is 3. The first kappa shape index (κ1) is 46.9. The molecule has 9 rings (SSSR count). The first-order valence-electron chi connectivity index (χ1n) is 22.4. The molecule has 0 unspecified atom stereocenters. The Morgan fingerprint density at radius 2 is 1.49 bits per heavy atom. The van der Waals surface area contributed by atoms with Gasteiger partial charge in [-0.05, 0) is 94.5 Å². The number of sulfone groups is 1. The number of anilines is 3. The molecule has 0 saturated carbocycles. The van der Waals surface area contributed by atoms with Crippen molar-refractivity contribution in [3.05, 3.63) is 88.5 Å². The van der Waals surface area contributed by atoms with Gasteiger partial charge in [-0.25, -0.2) is 32.0 Å². The lowest BCUT2D eigenvalue weighted by atomic mass is 9.95. The van der Waals surface area contributed by atoms with Crippen LogP contribution in [0.25, 0.3) is 22.2 Å². The summed E-state index contributed by atoms with van der Waals surface area (Å²) in [7, 11) is -0.370. The Hall–Kier alpha value is -6.18. The Morgan fingerprint density at radius 1 is 0.882 bits per heavy atom. The van der Waals surface area contributed by atoms with Gasteiger partial charge in [0.1, 0.15) is 51.4 Å². The minimum Gasteiger partial charge on any atom is -0.497 e. The summed E-state index contributed by atoms with van der Waals surface area (Å²) < 4.78 is 130. The Labute approximate surface area is 390 Å². The lowest BCUT2D eigenvalue weighted by Crippen LogP contribution is -2.65. The molecule has 4 aliphatic heterocycles. The van der Waals surface area contributed by atoms with Crippen LogP contribution in [0.5, 0.6) is 17.4 Å². The molecule has 3 fully saturated rings. The molecule has 0 aliphatic carbocycles. The monoisotopic (exact) mass is 965 g/mol. The molecule has 5 aromatic rings. The zero-order valence-electron chi connectivity index (χ0n) is 38.7. The number of hydrogen-bond acceptors (Lipinski definition) is 13. The van der Waals surface area contributed by atoms with Crippen LogP contribution in [-0.4, -0.2) is 110 Å². The summed E-state index contributed by atoms with van der Waals surface area (Å²) in [6, 6.07) is 13.4. The molecule has 2 bridgehead atoms. The van der Waals surface area contributed by atoms with Crippen molar-refractivity contribution in [3.8, 4) is 28.6 Å². The van der Waals surface area contributed by atoms with E-state index in [4.69, 9.17) is 23.9 Å². The number of fused-ring (bicyclic) bond motifs is 5. The smallest absolute Gasteiger partial charge is 0.417 e. The van der Waals surface area contributed by atoms with Crippen LogP contribution < -0.4 is 28.9 Å². The number of halogens is 5. The molecule has 0 N–H and O–H groups in total. The Morgan fingerprint density at radius 3 is 2.04 bits per heavy atom. The van der Waals surface area contributed by atoms with E-state index in [2.05, 4.69) is 9.97 Å². The molecule has 0 radical (unpaired) electrons. The molecule has 68 heavy (non-hydrogen) atoms. The van der Waals surface area contributed by atoms with Crippen LogP contribution >= 0.6 is 0 Å². The van der Waals surface area contributed by atoms with E-state index >= 15 is 22.0 Å². The highest BCUT2D eigenvalue weighted by Gasteiger charge is 2.54. The average molecular weight is 966 g/mol. The van der Waals surface area contributed by atoms with Crippen molar-refractivity contribution in [1.82, 2.24) is 19.9 Å². The van der Waals surface area contributed by atoms with Gasteiger partial charge in [-0.15, -0.1) is 0 Å². The summed E-state index contributed by atoms with van der Waals surface area (Å²) in [5.41, 5.74) is -3.89. The fourth-order valence-corrected chi connectivity index (χ4v) is 11.1. The first-order valence-corrected chi connectivity index (χ1v) is 24.2. The molecule has 3 aromatic carbocycles. The van der Waals surface area contributed by atoms with Gasteiger partial charge in [-0.2, -0.15) is 18.2 Å². The van der Waals surface area contributed by atoms with Crippen LogP contribution in [0.15, 0.2) is 54.6 Å². The molecule has 6 heterocycles. The molecule has 0 spiro atoms. The lowest BCUT2D eigenvalue weighted by molar-refractivity contribution is -0.137. The van der Waals surface area contributed by atoms with Gasteiger partial charge in [0, 0.05) is 38.3 Å². The molecule has 14 nitrogen and oxygen atoms in total. The third kappa shape index (κ3) is 8.75. The number of benzene rings is 3. The number of piperazine rings is 1. The highest BCUT2D eigenvalue weighted by molar-refractivity contribution is 7.91. The van der Waals surface area contributed by atoms with E-state index in [1.165, 1.54) is 14.2 Å². The van der Waals surface area contributed by atoms with E-state index in [0.29, 0.717) is 35.5 Å². The number of carbonyl (C=O) groups is 1. The standard InChI is InChI=1S/C48H52F5N7O7S/c1-26-37(48(51,52)53)33(22-35(38(26)49)58(23-28-8-13-31(64-6)14-9-28)24-29-10-15-32(65-7)16-11-29)40-39(50)41-36-43(56-45(55-41)57-18-20-68(62,63)21-19-57)59-25-30-12-17-34(42(59)27(2)66-44(36)54-40)60(30)46(61)67-47(3,4)5/h8-11,13-16,22,27,30,34,42H,12,17-21,23-25H2,1-7H3/t27-,30+,34-,42+/m0/s1. The molecule has 362 valence electrons. The predicted octanol–water partition coefficient (Wildman–Crippen LogP) is 8.49. The Kier molecular flexibility index (Phi) is 12.0. The third-order valence-corrected chi connectivity index (χ3v) is 14.7. The summed E-state index contributed by atoms with van der Waals surface area (Å²) >= 11 is 0. The van der Waals surface area contributed by atoms with Gasteiger partial charge in [0.25, 0.3) is 0 Å². The van der Waals surface area contributed by atoms with Gasteiger partial charge in [0.2, 0.25) is 11.8 Å². The summed E-state index contributed by atoms with van der Waals surface area (Å²) in [4.78, 5) is 34.7. The predicted molar refractivity (Wildman–Crippen MR) is 245 cm³/mol. The maximum atomic E-state index is 18.0. The normalized spacial score (nSPS) is 21.0. The molecule has 2 aromatic heterocycles. The molecule has 4 atom stereocenters. The van der Waals surface area contributed by atoms with Gasteiger partial charge in [0.05, 0.1) is 55.1 Å². The van der Waals surface area contributed by atoms with Gasteiger partial charge >= 0.3 is 12.3 Å². The Bertz CT molecular complexity index is 2820. The van der Waals surface area contributed by atoms with E-state index in [-0.39, 0.29) is 79.0 Å². The van der Waals surface area contributed by atoms with Crippen molar-refractivity contribution in [2.75, 3.05) is 60.1 Å². The molecular weight excluding hydrogens is 914 g/mol. The fourth-order valence-electron chi connectivity index (χ4n) is 9.95. The van der Waals surface area contributed by atoms with Crippen molar-refractivity contribution in [2.45, 2.75) is 96.6 Å².